The van der Waals surface area contributed by atoms with Gasteiger partial charge >= 0.3 is 12.2 Å². The van der Waals surface area contributed by atoms with Crippen LogP contribution in [0.2, 0.25) is 0 Å². The van der Waals surface area contributed by atoms with Crippen molar-refractivity contribution in [2.24, 2.45) is 23.7 Å². The van der Waals surface area contributed by atoms with Gasteiger partial charge in [0.2, 0.25) is 17.7 Å². The number of carbonyl (C=O) groups excluding carboxylic acids is 9. The summed E-state index contributed by atoms with van der Waals surface area (Å²) >= 11 is 0. The van der Waals surface area contributed by atoms with E-state index in [9.17, 15) is 38.4 Å². The number of likely N-dealkylation sites (N-methyl/N-ethyl adjacent to an activating group) is 1. The molecule has 17 nitrogen and oxygen atoms in total. The maximum atomic E-state index is 15.2. The SMILES string of the molecule is C#CC[C@@H](CC(=O)C(C)C)C(=O)N[C@H](Cc1cn(C(=O)OC(C)(C)C)c2ccccc12)C(=O)C[C@@H](C)C(=O)N[C@@H](Cc1cn(C(=O)OC(C)(C)C)c2ccccc12)C(=O)C[C@H](Cc1ccccc1)C(=O)N[C@@H](CCCCN(C)CC=C)C(=O)CC. The quantitative estimate of drug-likeness (QED) is 0.0214. The number of hydrogen-bond acceptors (Lipinski definition) is 12. The van der Waals surface area contributed by atoms with Crippen LogP contribution in [-0.4, -0.2) is 117 Å². The Kier molecular flexibility index (Phi) is 24.9. The zero-order valence-corrected chi connectivity index (χ0v) is 51.6. The van der Waals surface area contributed by atoms with E-state index in [-0.39, 0.29) is 62.4 Å². The fourth-order valence-corrected chi connectivity index (χ4v) is 10.1. The number of unbranched alkanes of at least 4 members (excludes halogenated alkanes) is 1. The molecule has 0 saturated carbocycles. The van der Waals surface area contributed by atoms with E-state index in [1.54, 1.807) is 123 Å². The summed E-state index contributed by atoms with van der Waals surface area (Å²) in [5, 5.41) is 9.99. The molecule has 6 atom stereocenters. The monoisotopic (exact) mass is 1160 g/mol. The molecule has 0 fully saturated rings. The van der Waals surface area contributed by atoms with Crippen LogP contribution in [0.3, 0.4) is 0 Å². The summed E-state index contributed by atoms with van der Waals surface area (Å²) in [5.74, 6) is -4.27. The van der Waals surface area contributed by atoms with E-state index in [2.05, 4.69) is 33.3 Å². The fraction of sp³-hybridized carbons (Fsp3) is 0.485. The third-order valence-electron chi connectivity index (χ3n) is 14.7. The van der Waals surface area contributed by atoms with Crippen LogP contribution in [0, 0.1) is 36.0 Å². The molecule has 2 aromatic heterocycles. The highest BCUT2D eigenvalue weighted by Crippen LogP contribution is 2.28. The number of nitrogens with one attached hydrogen (secondary N) is 3. The van der Waals surface area contributed by atoms with E-state index >= 15 is 4.79 Å². The molecule has 0 aliphatic carbocycles. The predicted octanol–water partition coefficient (Wildman–Crippen LogP) is 10.3. The lowest BCUT2D eigenvalue weighted by molar-refractivity contribution is -0.135. The number of ether oxygens (including phenoxy) is 2. The Bertz CT molecular complexity index is 3220. The number of Topliss-reactive ketones (excluding diaryl/α,β-unsaturated/α-hetero) is 4. The lowest BCUT2D eigenvalue weighted by Crippen LogP contribution is -2.49. The van der Waals surface area contributed by atoms with Gasteiger partial charge in [0.15, 0.2) is 17.3 Å². The van der Waals surface area contributed by atoms with E-state index in [4.69, 9.17) is 15.9 Å². The first-order valence-electron chi connectivity index (χ1n) is 29.6. The summed E-state index contributed by atoms with van der Waals surface area (Å²) in [6.45, 7) is 22.4. The van der Waals surface area contributed by atoms with Crippen LogP contribution in [-0.2, 0) is 62.3 Å². The average Bonchev–Trinajstić information content (AvgIpc) is 2.06. The molecule has 3 N–H and O–H groups in total. The third kappa shape index (κ3) is 20.4. The molecule has 17 heteroatoms. The van der Waals surface area contributed by atoms with Gasteiger partial charge in [-0.15, -0.1) is 18.9 Å². The summed E-state index contributed by atoms with van der Waals surface area (Å²) < 4.78 is 14.2. The minimum atomic E-state index is -1.33. The molecule has 0 aliphatic heterocycles. The Morgan fingerprint density at radius 2 is 1.08 bits per heavy atom. The van der Waals surface area contributed by atoms with Crippen LogP contribution < -0.4 is 16.0 Å². The number of carbonyl (C=O) groups is 9. The lowest BCUT2D eigenvalue weighted by Gasteiger charge is -2.25. The summed E-state index contributed by atoms with van der Waals surface area (Å²) in [6, 6.07) is 19.9. The topological polar surface area (TPSA) is 221 Å². The van der Waals surface area contributed by atoms with Gasteiger partial charge in [0, 0.05) is 92.4 Å². The molecule has 0 aliphatic rings. The molecule has 5 rings (SSSR count). The molecule has 0 unspecified atom stereocenters. The Morgan fingerprint density at radius 3 is 1.58 bits per heavy atom. The zero-order valence-electron chi connectivity index (χ0n) is 51.6. The van der Waals surface area contributed by atoms with Gasteiger partial charge in [-0.1, -0.05) is 101 Å². The van der Waals surface area contributed by atoms with Gasteiger partial charge in [-0.05, 0) is 110 Å². The molecular formula is C68H88N6O11. The largest absolute Gasteiger partial charge is 0.443 e. The van der Waals surface area contributed by atoms with Gasteiger partial charge in [-0.2, -0.15) is 0 Å². The third-order valence-corrected chi connectivity index (χ3v) is 14.7. The van der Waals surface area contributed by atoms with E-state index < -0.39 is 95.0 Å². The second-order valence-corrected chi connectivity index (χ2v) is 24.6. The molecule has 0 bridgehead atoms. The van der Waals surface area contributed by atoms with Gasteiger partial charge < -0.3 is 30.3 Å². The van der Waals surface area contributed by atoms with E-state index in [1.165, 1.54) is 16.1 Å². The molecule has 456 valence electrons. The summed E-state index contributed by atoms with van der Waals surface area (Å²) in [6.07, 6.45) is 10.1. The number of para-hydroxylation sites is 2. The minimum absolute atomic E-state index is 0.0894. The van der Waals surface area contributed by atoms with Crippen LogP contribution in [0.4, 0.5) is 9.59 Å². The van der Waals surface area contributed by atoms with Crippen molar-refractivity contribution >= 4 is 74.8 Å². The van der Waals surface area contributed by atoms with Crippen molar-refractivity contribution in [1.82, 2.24) is 30.0 Å². The van der Waals surface area contributed by atoms with Crippen LogP contribution >= 0.6 is 0 Å². The van der Waals surface area contributed by atoms with Gasteiger partial charge in [0.1, 0.15) is 17.0 Å². The van der Waals surface area contributed by atoms with Crippen molar-refractivity contribution in [3.05, 3.63) is 121 Å². The average molecular weight is 1170 g/mol. The maximum absolute atomic E-state index is 15.2. The molecule has 0 spiro atoms. The van der Waals surface area contributed by atoms with Crippen LogP contribution in [0.15, 0.2) is 104 Å². The molecule has 0 saturated heterocycles. The first kappa shape index (κ1) is 67.8. The fourth-order valence-electron chi connectivity index (χ4n) is 10.1. The van der Waals surface area contributed by atoms with Crippen molar-refractivity contribution in [1.29, 1.82) is 0 Å². The number of rotatable bonds is 31. The van der Waals surface area contributed by atoms with E-state index in [0.29, 0.717) is 52.3 Å². The van der Waals surface area contributed by atoms with Gasteiger partial charge in [0.05, 0.1) is 35.1 Å². The van der Waals surface area contributed by atoms with Crippen molar-refractivity contribution < 1.29 is 52.6 Å². The van der Waals surface area contributed by atoms with Gasteiger partial charge in [-0.25, -0.2) is 9.59 Å². The van der Waals surface area contributed by atoms with Crippen molar-refractivity contribution in [3.63, 3.8) is 0 Å². The zero-order chi connectivity index (χ0) is 62.8. The second kappa shape index (κ2) is 31.3. The van der Waals surface area contributed by atoms with Crippen molar-refractivity contribution in [2.75, 3.05) is 20.1 Å². The Morgan fingerprint density at radius 1 is 0.612 bits per heavy atom. The van der Waals surface area contributed by atoms with Crippen LogP contribution in [0.1, 0.15) is 137 Å². The summed E-state index contributed by atoms with van der Waals surface area (Å²) in [7, 11) is 1.98. The highest BCUT2D eigenvalue weighted by molar-refractivity contribution is 5.99. The number of hydrogen-bond donors (Lipinski definition) is 3. The second-order valence-electron chi connectivity index (χ2n) is 24.6. The molecule has 85 heavy (non-hydrogen) atoms. The number of nitrogens with zero attached hydrogens (tertiary/aromatic N) is 3. The predicted molar refractivity (Wildman–Crippen MR) is 331 cm³/mol. The Balaban J connectivity index is 1.53. The number of aromatic nitrogens is 2. The van der Waals surface area contributed by atoms with Crippen LogP contribution in [0.25, 0.3) is 21.8 Å². The standard InChI is InChI=1S/C68H88N6O11/c1-14-26-47(40-59(76)44(4)5)63(80)71-54(38-49-42-73(65(82)84-67(7,8)9)56-32-22-20-29-51(49)56)60(77)36-45(6)62(79)70-55(39-50-43-74(66(83)85-68(10,11)12)57-33-23-21-30-52(50)57)61(78)41-48(37-46-27-18-17-19-28-46)64(81)69-53(58(75)16-3)31-24-25-35-72(13)34-15-2/h1,15,17-23,27-30,32-33,42-45,47-48,53-55H,2,16,24-26,31,34-41H2,3-13H3,(H,69,81)(H,70,79)(H,71,80)/t45-,47+,48+,53+,54-,55+/m1/s1. The van der Waals surface area contributed by atoms with Gasteiger partial charge in [0.25, 0.3) is 0 Å². The molecular weight excluding hydrogens is 1080 g/mol. The molecule has 3 aromatic carbocycles. The first-order chi connectivity index (χ1) is 40.1. The maximum Gasteiger partial charge on any atom is 0.419 e. The van der Waals surface area contributed by atoms with Crippen LogP contribution in [0.5, 0.6) is 0 Å². The Hall–Kier alpha value is -7.97. The number of ketones is 4. The van der Waals surface area contributed by atoms with Gasteiger partial charge in [-0.3, -0.25) is 42.7 Å². The van der Waals surface area contributed by atoms with E-state index in [1.807, 2.05) is 43.5 Å². The number of terminal acetylenes is 1. The number of fused-ring (bicyclic) bond motifs is 2. The highest BCUT2D eigenvalue weighted by atomic mass is 16.6. The molecule has 0 radical (unpaired) electrons. The summed E-state index contributed by atoms with van der Waals surface area (Å²) in [5.41, 5.74) is 1.07. The Labute approximate surface area is 501 Å². The number of benzene rings is 3. The van der Waals surface area contributed by atoms with E-state index in [0.717, 1.165) is 18.5 Å². The molecule has 5 aromatic rings. The lowest BCUT2D eigenvalue weighted by atomic mass is 9.88. The van der Waals surface area contributed by atoms with Crippen molar-refractivity contribution in [2.45, 2.75) is 169 Å². The number of amides is 3. The first-order valence-corrected chi connectivity index (χ1v) is 29.6. The summed E-state index contributed by atoms with van der Waals surface area (Å²) in [4.78, 5) is 130. The normalized spacial score (nSPS) is 13.9. The highest BCUT2D eigenvalue weighted by Gasteiger charge is 2.35. The van der Waals surface area contributed by atoms with Crippen molar-refractivity contribution in [3.8, 4) is 12.3 Å². The minimum Gasteiger partial charge on any atom is -0.443 e. The molecule has 2 heterocycles. The molecule has 3 amide bonds. The smallest absolute Gasteiger partial charge is 0.419 e.